The summed E-state index contributed by atoms with van der Waals surface area (Å²) < 4.78 is 22.4. The van der Waals surface area contributed by atoms with Gasteiger partial charge in [-0.15, -0.1) is 0 Å². The Bertz CT molecular complexity index is 1340. The van der Waals surface area contributed by atoms with E-state index in [1.807, 2.05) is 47.9 Å². The molecule has 1 aliphatic heterocycles. The summed E-state index contributed by atoms with van der Waals surface area (Å²) in [7, 11) is 3.25. The minimum atomic E-state index is 0.487. The lowest BCUT2D eigenvalue weighted by Gasteiger charge is -2.21. The summed E-state index contributed by atoms with van der Waals surface area (Å²) in [6.45, 7) is 4.60. The molecule has 5 rings (SSSR count). The topological polar surface area (TPSA) is 108 Å². The van der Waals surface area contributed by atoms with Crippen LogP contribution in [0.2, 0.25) is 0 Å². The van der Waals surface area contributed by atoms with Gasteiger partial charge < -0.3 is 24.2 Å². The molecule has 1 saturated heterocycles. The first-order chi connectivity index (χ1) is 18.2. The summed E-state index contributed by atoms with van der Waals surface area (Å²) in [5, 5.41) is 3.41. The molecular weight excluding hydrogens is 490 g/mol. The second-order valence-corrected chi connectivity index (χ2v) is 9.41. The van der Waals surface area contributed by atoms with Crippen LogP contribution in [0.4, 0.5) is 5.82 Å². The summed E-state index contributed by atoms with van der Waals surface area (Å²) in [5.74, 6) is 4.66. The third kappa shape index (κ3) is 5.42. The van der Waals surface area contributed by atoms with Gasteiger partial charge in [-0.1, -0.05) is 24.1 Å². The quantitative estimate of drug-likeness (QED) is 0.292. The first-order valence-electron chi connectivity index (χ1n) is 12.4. The van der Waals surface area contributed by atoms with Crippen LogP contribution in [0.1, 0.15) is 19.8 Å². The van der Waals surface area contributed by atoms with Crippen molar-refractivity contribution in [2.75, 3.05) is 44.4 Å². The average molecular weight is 522 g/mol. The fourth-order valence-corrected chi connectivity index (χ4v) is 5.29. The van der Waals surface area contributed by atoms with Gasteiger partial charge in [-0.05, 0) is 57.0 Å². The Kier molecular flexibility index (Phi) is 7.90. The van der Waals surface area contributed by atoms with E-state index in [0.717, 1.165) is 18.8 Å². The Morgan fingerprint density at radius 1 is 1.03 bits per heavy atom. The fraction of sp³-hybridized carbons (Fsp3) is 0.385. The summed E-state index contributed by atoms with van der Waals surface area (Å²) in [6, 6.07) is 11.2. The van der Waals surface area contributed by atoms with Gasteiger partial charge in [0.15, 0.2) is 22.9 Å². The maximum Gasteiger partial charge on any atom is 0.213 e. The number of nitrogens with zero attached hydrogens (tertiary/aromatic N) is 5. The van der Waals surface area contributed by atoms with E-state index in [2.05, 4.69) is 20.0 Å². The van der Waals surface area contributed by atoms with Crippen LogP contribution in [0.5, 0.6) is 17.4 Å². The maximum absolute atomic E-state index is 5.73. The molecule has 3 aromatic heterocycles. The van der Waals surface area contributed by atoms with Crippen molar-refractivity contribution >= 4 is 29.1 Å². The maximum atomic E-state index is 5.73. The van der Waals surface area contributed by atoms with Gasteiger partial charge in [0.05, 0.1) is 27.0 Å². The van der Waals surface area contributed by atoms with Crippen molar-refractivity contribution in [3.05, 3.63) is 42.6 Å². The van der Waals surface area contributed by atoms with Crippen LogP contribution in [-0.2, 0) is 0 Å². The van der Waals surface area contributed by atoms with Gasteiger partial charge >= 0.3 is 0 Å². The highest BCUT2D eigenvalue weighted by atomic mass is 32.2. The molecule has 1 aliphatic rings. The molecule has 0 atom stereocenters. The lowest BCUT2D eigenvalue weighted by molar-refractivity contribution is 0.327. The van der Waals surface area contributed by atoms with Gasteiger partial charge in [-0.25, -0.2) is 19.9 Å². The van der Waals surface area contributed by atoms with Crippen molar-refractivity contribution in [2.24, 2.45) is 5.92 Å². The number of ether oxygens (including phenoxy) is 3. The van der Waals surface area contributed by atoms with Crippen LogP contribution in [0, 0.1) is 5.92 Å². The van der Waals surface area contributed by atoms with Gasteiger partial charge in [0.1, 0.15) is 22.9 Å². The van der Waals surface area contributed by atoms with E-state index in [1.165, 1.54) is 12.8 Å². The molecule has 10 nitrogen and oxygen atoms in total. The van der Waals surface area contributed by atoms with E-state index < -0.39 is 0 Å². The van der Waals surface area contributed by atoms with Crippen LogP contribution in [0.3, 0.4) is 0 Å². The van der Waals surface area contributed by atoms with Gasteiger partial charge in [0.2, 0.25) is 5.88 Å². The number of fused-ring (bicyclic) bond motifs is 1. The van der Waals surface area contributed by atoms with Crippen molar-refractivity contribution in [1.29, 1.82) is 0 Å². The van der Waals surface area contributed by atoms with Crippen LogP contribution >= 0.6 is 11.9 Å². The molecule has 2 N–H and O–H groups in total. The number of imidazole rings is 1. The Morgan fingerprint density at radius 3 is 2.51 bits per heavy atom. The molecule has 11 heteroatoms. The zero-order chi connectivity index (χ0) is 25.6. The number of nitrogens with one attached hydrogen (secondary N) is 2. The Hall–Kier alpha value is -3.57. The summed E-state index contributed by atoms with van der Waals surface area (Å²) in [4.78, 5) is 19.0. The number of piperidine rings is 1. The summed E-state index contributed by atoms with van der Waals surface area (Å²) in [6.07, 6.45) is 4.09. The summed E-state index contributed by atoms with van der Waals surface area (Å²) >= 11 is 1.66. The van der Waals surface area contributed by atoms with E-state index in [0.29, 0.717) is 64.2 Å². The second-order valence-electron chi connectivity index (χ2n) is 8.58. The van der Waals surface area contributed by atoms with Gasteiger partial charge in [-0.3, -0.25) is 4.57 Å². The summed E-state index contributed by atoms with van der Waals surface area (Å²) in [5.41, 5.74) is 2.34. The first-order valence-corrected chi connectivity index (χ1v) is 13.4. The number of para-hydroxylation sites is 1. The smallest absolute Gasteiger partial charge is 0.213 e. The molecule has 0 bridgehead atoms. The van der Waals surface area contributed by atoms with E-state index in [-0.39, 0.29) is 0 Å². The van der Waals surface area contributed by atoms with Crippen LogP contribution in [0.25, 0.3) is 28.5 Å². The third-order valence-electron chi connectivity index (χ3n) is 6.20. The molecule has 1 fully saturated rings. The minimum absolute atomic E-state index is 0.487. The molecule has 0 spiro atoms. The number of aromatic nitrogens is 5. The molecule has 4 aromatic rings. The Morgan fingerprint density at radius 2 is 1.78 bits per heavy atom. The highest BCUT2D eigenvalue weighted by Crippen LogP contribution is 2.38. The highest BCUT2D eigenvalue weighted by molar-refractivity contribution is 8.00. The normalized spacial score (nSPS) is 14.0. The lowest BCUT2D eigenvalue weighted by atomic mass is 10.0. The number of hydrogen-bond donors (Lipinski definition) is 2. The number of anilines is 1. The predicted molar refractivity (Wildman–Crippen MR) is 146 cm³/mol. The second kappa shape index (κ2) is 11.7. The lowest BCUT2D eigenvalue weighted by Crippen LogP contribution is -2.28. The van der Waals surface area contributed by atoms with E-state index in [9.17, 15) is 0 Å². The van der Waals surface area contributed by atoms with Crippen LogP contribution in [0.15, 0.2) is 42.6 Å². The molecular formula is C26H31N7O3S. The van der Waals surface area contributed by atoms with Crippen molar-refractivity contribution in [2.45, 2.75) is 19.8 Å². The number of methoxy groups -OCH3 is 2. The predicted octanol–water partition coefficient (Wildman–Crippen LogP) is 4.35. The number of pyridine rings is 1. The zero-order valence-corrected chi connectivity index (χ0v) is 22.0. The van der Waals surface area contributed by atoms with Gasteiger partial charge in [0.25, 0.3) is 0 Å². The van der Waals surface area contributed by atoms with E-state index in [4.69, 9.17) is 24.2 Å². The molecule has 0 unspecified atom stereocenters. The third-order valence-corrected chi connectivity index (χ3v) is 7.19. The highest BCUT2D eigenvalue weighted by Gasteiger charge is 2.24. The van der Waals surface area contributed by atoms with Crippen LogP contribution in [-0.4, -0.2) is 64.2 Å². The van der Waals surface area contributed by atoms with E-state index >= 15 is 0 Å². The molecule has 0 aliphatic carbocycles. The van der Waals surface area contributed by atoms with Gasteiger partial charge in [-0.2, -0.15) is 0 Å². The first kappa shape index (κ1) is 25.1. The minimum Gasteiger partial charge on any atom is -0.494 e. The number of rotatable bonds is 10. The van der Waals surface area contributed by atoms with Crippen molar-refractivity contribution in [3.8, 4) is 34.6 Å². The van der Waals surface area contributed by atoms with Gasteiger partial charge in [0, 0.05) is 11.8 Å². The molecule has 194 valence electrons. The largest absolute Gasteiger partial charge is 0.494 e. The molecule has 0 saturated carbocycles. The molecule has 37 heavy (non-hydrogen) atoms. The molecule has 4 heterocycles. The Labute approximate surface area is 220 Å². The van der Waals surface area contributed by atoms with Crippen molar-refractivity contribution < 1.29 is 14.2 Å². The Balaban J connectivity index is 1.59. The fourth-order valence-electron chi connectivity index (χ4n) is 4.39. The monoisotopic (exact) mass is 521 g/mol. The molecule has 1 aromatic carbocycles. The van der Waals surface area contributed by atoms with Crippen LogP contribution < -0.4 is 24.2 Å². The van der Waals surface area contributed by atoms with Crippen molar-refractivity contribution in [3.63, 3.8) is 0 Å². The number of benzene rings is 1. The van der Waals surface area contributed by atoms with E-state index in [1.54, 1.807) is 32.4 Å². The zero-order valence-electron chi connectivity index (χ0n) is 21.2. The number of hydrogen-bond acceptors (Lipinski definition) is 10. The molecule has 0 amide bonds. The van der Waals surface area contributed by atoms with Crippen molar-refractivity contribution in [1.82, 2.24) is 29.8 Å². The molecule has 0 radical (unpaired) electrons. The SMILES string of the molecule is CCOc1cccc(-c2nc3ncc(NSCC4CCNCC4)nc3n2-c2c(OC)cccc2OC)n1. The average Bonchev–Trinajstić information content (AvgIpc) is 3.32. The standard InChI is InChI=1S/C26H31N7O3S/c1-4-36-22-10-5-7-18(29-22)25-31-24-26(33(25)23-19(34-2)8-6-9-20(23)35-3)30-21(15-28-24)32-37-16-17-11-13-27-14-12-17/h5-10,15,17,27H,4,11-14,16H2,1-3H3,(H,30,32).